The first-order valence-corrected chi connectivity index (χ1v) is 5.69. The van der Waals surface area contributed by atoms with Gasteiger partial charge in [-0.05, 0) is 32.3 Å². The SMILES string of the molecule is COc1ccc(OC)c(C(CN)CN(C)C)c1. The van der Waals surface area contributed by atoms with Crippen molar-refractivity contribution >= 4 is 0 Å². The molecule has 1 aromatic rings. The Labute approximate surface area is 103 Å². The van der Waals surface area contributed by atoms with Crippen molar-refractivity contribution in [2.24, 2.45) is 5.73 Å². The zero-order valence-corrected chi connectivity index (χ0v) is 11.1. The van der Waals surface area contributed by atoms with Crippen molar-refractivity contribution in [1.82, 2.24) is 4.90 Å². The van der Waals surface area contributed by atoms with E-state index in [0.29, 0.717) is 6.54 Å². The molecule has 1 unspecified atom stereocenters. The lowest BCUT2D eigenvalue weighted by Gasteiger charge is -2.22. The van der Waals surface area contributed by atoms with Gasteiger partial charge in [0.05, 0.1) is 14.2 Å². The van der Waals surface area contributed by atoms with E-state index >= 15 is 0 Å². The number of nitrogens with zero attached hydrogens (tertiary/aromatic N) is 1. The Morgan fingerprint density at radius 3 is 2.41 bits per heavy atom. The molecule has 0 amide bonds. The Hall–Kier alpha value is -1.26. The van der Waals surface area contributed by atoms with E-state index in [-0.39, 0.29) is 5.92 Å². The summed E-state index contributed by atoms with van der Waals surface area (Å²) in [7, 11) is 7.41. The largest absolute Gasteiger partial charge is 0.497 e. The average Bonchev–Trinajstić information content (AvgIpc) is 2.34. The number of likely N-dealkylation sites (N-methyl/N-ethyl adjacent to an activating group) is 1. The van der Waals surface area contributed by atoms with Crippen molar-refractivity contribution in [3.63, 3.8) is 0 Å². The van der Waals surface area contributed by atoms with Crippen LogP contribution in [0.5, 0.6) is 11.5 Å². The van der Waals surface area contributed by atoms with E-state index in [4.69, 9.17) is 15.2 Å². The summed E-state index contributed by atoms with van der Waals surface area (Å²) in [6.45, 7) is 1.47. The van der Waals surface area contributed by atoms with E-state index < -0.39 is 0 Å². The zero-order chi connectivity index (χ0) is 12.8. The molecule has 0 saturated heterocycles. The molecule has 4 heteroatoms. The second-order valence-corrected chi connectivity index (χ2v) is 4.30. The minimum absolute atomic E-state index is 0.245. The third kappa shape index (κ3) is 3.61. The molecule has 17 heavy (non-hydrogen) atoms. The molecule has 0 radical (unpaired) electrons. The molecule has 4 nitrogen and oxygen atoms in total. The molecule has 0 aliphatic carbocycles. The van der Waals surface area contributed by atoms with E-state index in [1.165, 1.54) is 0 Å². The Bertz CT molecular complexity index is 353. The fraction of sp³-hybridized carbons (Fsp3) is 0.538. The van der Waals surface area contributed by atoms with E-state index in [1.807, 2.05) is 32.3 Å². The second kappa shape index (κ2) is 6.47. The van der Waals surface area contributed by atoms with Crippen LogP contribution in [0.4, 0.5) is 0 Å². The Kier molecular flexibility index (Phi) is 5.25. The molecule has 0 heterocycles. The quantitative estimate of drug-likeness (QED) is 0.811. The van der Waals surface area contributed by atoms with Gasteiger partial charge in [0, 0.05) is 24.6 Å². The molecule has 96 valence electrons. The number of hydrogen-bond donors (Lipinski definition) is 1. The highest BCUT2D eigenvalue weighted by atomic mass is 16.5. The lowest BCUT2D eigenvalue weighted by molar-refractivity contribution is 0.358. The number of rotatable bonds is 6. The van der Waals surface area contributed by atoms with Gasteiger partial charge in [-0.3, -0.25) is 0 Å². The van der Waals surface area contributed by atoms with E-state index in [9.17, 15) is 0 Å². The van der Waals surface area contributed by atoms with Gasteiger partial charge in [-0.2, -0.15) is 0 Å². The summed E-state index contributed by atoms with van der Waals surface area (Å²) in [5, 5.41) is 0. The van der Waals surface area contributed by atoms with Gasteiger partial charge in [0.15, 0.2) is 0 Å². The Morgan fingerprint density at radius 1 is 1.24 bits per heavy atom. The van der Waals surface area contributed by atoms with Crippen LogP contribution in [0.1, 0.15) is 11.5 Å². The third-order valence-electron chi connectivity index (χ3n) is 2.75. The predicted octanol–water partition coefficient (Wildman–Crippen LogP) is 1.31. The fourth-order valence-electron chi connectivity index (χ4n) is 1.90. The monoisotopic (exact) mass is 238 g/mol. The van der Waals surface area contributed by atoms with Crippen LogP contribution in [0, 0.1) is 0 Å². The van der Waals surface area contributed by atoms with Gasteiger partial charge in [-0.15, -0.1) is 0 Å². The van der Waals surface area contributed by atoms with E-state index in [0.717, 1.165) is 23.6 Å². The minimum Gasteiger partial charge on any atom is -0.497 e. The molecule has 1 rings (SSSR count). The molecular weight excluding hydrogens is 216 g/mol. The number of ether oxygens (including phenoxy) is 2. The summed E-state index contributed by atoms with van der Waals surface area (Å²) in [5.41, 5.74) is 6.95. The normalized spacial score (nSPS) is 12.6. The molecule has 0 aromatic heterocycles. The van der Waals surface area contributed by atoms with Crippen molar-refractivity contribution in [3.8, 4) is 11.5 Å². The highest BCUT2D eigenvalue weighted by molar-refractivity contribution is 5.42. The molecular formula is C13H22N2O2. The van der Waals surface area contributed by atoms with Crippen molar-refractivity contribution < 1.29 is 9.47 Å². The van der Waals surface area contributed by atoms with Gasteiger partial charge < -0.3 is 20.1 Å². The van der Waals surface area contributed by atoms with Crippen LogP contribution in [0.2, 0.25) is 0 Å². The van der Waals surface area contributed by atoms with Crippen LogP contribution in [0.25, 0.3) is 0 Å². The Morgan fingerprint density at radius 2 is 1.94 bits per heavy atom. The van der Waals surface area contributed by atoms with Gasteiger partial charge >= 0.3 is 0 Å². The first kappa shape index (κ1) is 13.8. The molecule has 0 aliphatic rings. The second-order valence-electron chi connectivity index (χ2n) is 4.30. The topological polar surface area (TPSA) is 47.7 Å². The molecule has 0 aliphatic heterocycles. The molecule has 0 spiro atoms. The van der Waals surface area contributed by atoms with Crippen molar-refractivity contribution in [2.45, 2.75) is 5.92 Å². The van der Waals surface area contributed by atoms with Crippen LogP contribution in [0.3, 0.4) is 0 Å². The standard InChI is InChI=1S/C13H22N2O2/c1-15(2)9-10(8-14)12-7-11(16-3)5-6-13(12)17-4/h5-7,10H,8-9,14H2,1-4H3. The summed E-state index contributed by atoms with van der Waals surface area (Å²) < 4.78 is 10.6. The molecule has 0 bridgehead atoms. The van der Waals surface area contributed by atoms with Crippen molar-refractivity contribution in [3.05, 3.63) is 23.8 Å². The van der Waals surface area contributed by atoms with Gasteiger partial charge in [-0.25, -0.2) is 0 Å². The fourth-order valence-corrected chi connectivity index (χ4v) is 1.90. The maximum Gasteiger partial charge on any atom is 0.122 e. The van der Waals surface area contributed by atoms with Gasteiger partial charge in [-0.1, -0.05) is 0 Å². The number of nitrogens with two attached hydrogens (primary N) is 1. The highest BCUT2D eigenvalue weighted by Gasteiger charge is 2.16. The molecule has 1 aromatic carbocycles. The van der Waals surface area contributed by atoms with Gasteiger partial charge in [0.25, 0.3) is 0 Å². The van der Waals surface area contributed by atoms with Crippen LogP contribution in [0.15, 0.2) is 18.2 Å². The summed E-state index contributed by atoms with van der Waals surface area (Å²) in [6.07, 6.45) is 0. The van der Waals surface area contributed by atoms with Crippen LogP contribution in [-0.4, -0.2) is 46.3 Å². The molecule has 2 N–H and O–H groups in total. The number of methoxy groups -OCH3 is 2. The number of hydrogen-bond acceptors (Lipinski definition) is 4. The predicted molar refractivity (Wildman–Crippen MR) is 69.9 cm³/mol. The van der Waals surface area contributed by atoms with Crippen molar-refractivity contribution in [1.29, 1.82) is 0 Å². The van der Waals surface area contributed by atoms with Crippen LogP contribution in [-0.2, 0) is 0 Å². The van der Waals surface area contributed by atoms with Crippen molar-refractivity contribution in [2.75, 3.05) is 41.4 Å². The summed E-state index contributed by atoms with van der Waals surface area (Å²) >= 11 is 0. The van der Waals surface area contributed by atoms with E-state index in [2.05, 4.69) is 4.90 Å². The van der Waals surface area contributed by atoms with E-state index in [1.54, 1.807) is 14.2 Å². The first-order valence-electron chi connectivity index (χ1n) is 5.69. The summed E-state index contributed by atoms with van der Waals surface area (Å²) in [6, 6.07) is 5.82. The zero-order valence-electron chi connectivity index (χ0n) is 11.1. The Balaban J connectivity index is 3.05. The summed E-state index contributed by atoms with van der Waals surface area (Å²) in [5.74, 6) is 1.94. The molecule has 0 fully saturated rings. The highest BCUT2D eigenvalue weighted by Crippen LogP contribution is 2.30. The smallest absolute Gasteiger partial charge is 0.122 e. The first-order chi connectivity index (χ1) is 8.12. The van der Waals surface area contributed by atoms with Crippen LogP contribution >= 0.6 is 0 Å². The maximum absolute atomic E-state index is 5.85. The minimum atomic E-state index is 0.245. The lowest BCUT2D eigenvalue weighted by atomic mass is 9.97. The molecule has 0 saturated carbocycles. The van der Waals surface area contributed by atoms with Crippen LogP contribution < -0.4 is 15.2 Å². The summed E-state index contributed by atoms with van der Waals surface area (Å²) in [4.78, 5) is 2.12. The molecule has 1 atom stereocenters. The lowest BCUT2D eigenvalue weighted by Crippen LogP contribution is -2.26. The average molecular weight is 238 g/mol. The van der Waals surface area contributed by atoms with Gasteiger partial charge in [0.2, 0.25) is 0 Å². The number of benzene rings is 1. The third-order valence-corrected chi connectivity index (χ3v) is 2.75. The maximum atomic E-state index is 5.85. The van der Waals surface area contributed by atoms with Gasteiger partial charge in [0.1, 0.15) is 11.5 Å².